The molecule has 1 amide bonds. The highest BCUT2D eigenvalue weighted by atomic mass is 16.5. The highest BCUT2D eigenvalue weighted by Crippen LogP contribution is 2.29. The highest BCUT2D eigenvalue weighted by Gasteiger charge is 2.21. The molecule has 0 aliphatic heterocycles. The van der Waals surface area contributed by atoms with Crippen molar-refractivity contribution >= 4 is 22.8 Å². The lowest BCUT2D eigenvalue weighted by molar-refractivity contribution is -0.148. The number of nitrogens with one attached hydrogen (secondary N) is 2. The van der Waals surface area contributed by atoms with E-state index in [-0.39, 0.29) is 37.0 Å². The Balaban J connectivity index is 1.27. The maximum absolute atomic E-state index is 12.2. The lowest BCUT2D eigenvalue weighted by Gasteiger charge is -2.26. The molecule has 0 spiro atoms. The molecule has 1 heterocycles. The number of aromatic amines is 1. The Kier molecular flexibility index (Phi) is 5.88. The van der Waals surface area contributed by atoms with E-state index in [1.807, 2.05) is 18.2 Å². The first-order chi connectivity index (χ1) is 14.6. The van der Waals surface area contributed by atoms with Crippen LogP contribution in [0.1, 0.15) is 42.3 Å². The molecule has 1 aromatic heterocycles. The van der Waals surface area contributed by atoms with Crippen molar-refractivity contribution in [1.29, 1.82) is 0 Å². The third-order valence-electron chi connectivity index (χ3n) is 5.30. The Morgan fingerprint density at radius 1 is 1.13 bits per heavy atom. The van der Waals surface area contributed by atoms with Gasteiger partial charge in [0.1, 0.15) is 5.82 Å². The fraction of sp³-hybridized carbons (Fsp3) is 0.304. The number of benzene rings is 2. The average molecular weight is 405 g/mol. The lowest BCUT2D eigenvalue weighted by Crippen LogP contribution is -2.34. The van der Waals surface area contributed by atoms with Crippen LogP contribution >= 0.6 is 0 Å². The second-order valence-corrected chi connectivity index (χ2v) is 7.40. The molecule has 30 heavy (non-hydrogen) atoms. The molecule has 7 heteroatoms. The van der Waals surface area contributed by atoms with Crippen LogP contribution in [0.3, 0.4) is 0 Å². The molecule has 1 atom stereocenters. The van der Waals surface area contributed by atoms with Crippen LogP contribution in [-0.4, -0.2) is 28.5 Å². The van der Waals surface area contributed by atoms with E-state index in [1.165, 1.54) is 5.56 Å². The smallest absolute Gasteiger partial charge is 0.306 e. The summed E-state index contributed by atoms with van der Waals surface area (Å²) in [5, 5.41) is 3.46. The number of H-pyrrole nitrogens is 1. The molecule has 0 bridgehead atoms. The monoisotopic (exact) mass is 405 g/mol. The topological polar surface area (TPSA) is 101 Å². The van der Waals surface area contributed by atoms with Crippen LogP contribution < -0.4 is 10.9 Å². The van der Waals surface area contributed by atoms with E-state index in [2.05, 4.69) is 21.4 Å². The van der Waals surface area contributed by atoms with Gasteiger partial charge >= 0.3 is 5.97 Å². The van der Waals surface area contributed by atoms with Crippen LogP contribution in [0.25, 0.3) is 10.9 Å². The molecular formula is C23H23N3O4. The van der Waals surface area contributed by atoms with Gasteiger partial charge in [0.05, 0.1) is 23.4 Å². The Morgan fingerprint density at radius 3 is 2.83 bits per heavy atom. The van der Waals surface area contributed by atoms with Gasteiger partial charge < -0.3 is 15.0 Å². The number of carbonyl (C=O) groups is 2. The van der Waals surface area contributed by atoms with Crippen LogP contribution in [0.5, 0.6) is 0 Å². The van der Waals surface area contributed by atoms with Crippen molar-refractivity contribution in [3.8, 4) is 0 Å². The van der Waals surface area contributed by atoms with Crippen molar-refractivity contribution in [3.05, 3.63) is 75.8 Å². The molecule has 154 valence electrons. The highest BCUT2D eigenvalue weighted by molar-refractivity contribution is 5.81. The molecule has 3 aromatic rings. The van der Waals surface area contributed by atoms with Crippen molar-refractivity contribution in [1.82, 2.24) is 15.3 Å². The minimum atomic E-state index is -0.509. The fourth-order valence-corrected chi connectivity index (χ4v) is 3.83. The van der Waals surface area contributed by atoms with Gasteiger partial charge in [-0.1, -0.05) is 36.4 Å². The van der Waals surface area contributed by atoms with E-state index in [9.17, 15) is 14.4 Å². The molecule has 0 radical (unpaired) electrons. The maximum atomic E-state index is 12.2. The van der Waals surface area contributed by atoms with Crippen molar-refractivity contribution < 1.29 is 14.3 Å². The predicted molar refractivity (Wildman–Crippen MR) is 112 cm³/mol. The van der Waals surface area contributed by atoms with Crippen molar-refractivity contribution in [3.63, 3.8) is 0 Å². The summed E-state index contributed by atoms with van der Waals surface area (Å²) in [5.74, 6) is -0.411. The van der Waals surface area contributed by atoms with Crippen LogP contribution in [0, 0.1) is 0 Å². The minimum Gasteiger partial charge on any atom is -0.456 e. The first-order valence-corrected chi connectivity index (χ1v) is 10.1. The van der Waals surface area contributed by atoms with Gasteiger partial charge in [-0.25, -0.2) is 4.98 Å². The summed E-state index contributed by atoms with van der Waals surface area (Å²) in [6, 6.07) is 15.1. The Hall–Kier alpha value is -3.48. The summed E-state index contributed by atoms with van der Waals surface area (Å²) in [6.45, 7) is -0.320. The third-order valence-corrected chi connectivity index (χ3v) is 5.30. The number of fused-ring (bicyclic) bond motifs is 2. The Morgan fingerprint density at radius 2 is 1.93 bits per heavy atom. The van der Waals surface area contributed by atoms with Gasteiger partial charge in [0.25, 0.3) is 11.5 Å². The number of hydrogen-bond acceptors (Lipinski definition) is 5. The van der Waals surface area contributed by atoms with E-state index >= 15 is 0 Å². The predicted octanol–water partition coefficient (Wildman–Crippen LogP) is 2.59. The zero-order chi connectivity index (χ0) is 20.9. The molecule has 1 aliphatic carbocycles. The first kappa shape index (κ1) is 19.8. The molecule has 4 rings (SSSR count). The number of esters is 1. The number of rotatable bonds is 6. The van der Waals surface area contributed by atoms with Gasteiger partial charge in [0.2, 0.25) is 0 Å². The van der Waals surface area contributed by atoms with Crippen molar-refractivity contribution in [2.75, 3.05) is 6.61 Å². The zero-order valence-corrected chi connectivity index (χ0v) is 16.5. The van der Waals surface area contributed by atoms with Crippen molar-refractivity contribution in [2.24, 2.45) is 0 Å². The molecule has 7 nitrogen and oxygen atoms in total. The molecule has 2 N–H and O–H groups in total. The maximum Gasteiger partial charge on any atom is 0.306 e. The standard InChI is InChI=1S/C23H23N3O4/c27-21(25-18-11-5-7-15-6-1-2-8-16(15)18)14-30-22(28)13-12-20-24-19-10-4-3-9-17(19)23(29)26-20/h1-4,6,8-10,18H,5,7,11-14H2,(H,25,27)(H,24,26,29)/t18-/m1/s1. The van der Waals surface area contributed by atoms with Gasteiger partial charge in [-0.2, -0.15) is 0 Å². The average Bonchev–Trinajstić information content (AvgIpc) is 2.76. The number of para-hydroxylation sites is 1. The first-order valence-electron chi connectivity index (χ1n) is 10.1. The lowest BCUT2D eigenvalue weighted by atomic mass is 9.88. The summed E-state index contributed by atoms with van der Waals surface area (Å²) in [6.07, 6.45) is 3.16. The third kappa shape index (κ3) is 4.56. The van der Waals surface area contributed by atoms with Crippen LogP contribution in [0.2, 0.25) is 0 Å². The largest absolute Gasteiger partial charge is 0.456 e. The SMILES string of the molecule is O=C(COC(=O)CCc1nc2ccccc2c(=O)[nH]1)N[C@@H]1CCCc2ccccc21. The molecular weight excluding hydrogens is 382 g/mol. The van der Waals surface area contributed by atoms with Gasteiger partial charge in [-0.05, 0) is 42.5 Å². The van der Waals surface area contributed by atoms with Crippen LogP contribution in [-0.2, 0) is 27.2 Å². The normalized spacial score (nSPS) is 15.4. The van der Waals surface area contributed by atoms with Crippen LogP contribution in [0.15, 0.2) is 53.3 Å². The molecule has 0 fully saturated rings. The number of carbonyl (C=O) groups excluding carboxylic acids is 2. The van der Waals surface area contributed by atoms with Gasteiger partial charge in [0, 0.05) is 6.42 Å². The Labute approximate surface area is 173 Å². The quantitative estimate of drug-likeness (QED) is 0.614. The number of nitrogens with zero attached hydrogens (tertiary/aromatic N) is 1. The second kappa shape index (κ2) is 8.90. The van der Waals surface area contributed by atoms with E-state index < -0.39 is 5.97 Å². The summed E-state index contributed by atoms with van der Waals surface area (Å²) < 4.78 is 5.10. The Bertz CT molecular complexity index is 1140. The number of aromatic nitrogens is 2. The van der Waals surface area contributed by atoms with Crippen LogP contribution in [0.4, 0.5) is 0 Å². The van der Waals surface area contributed by atoms with Gasteiger partial charge in [0.15, 0.2) is 6.61 Å². The van der Waals surface area contributed by atoms with E-state index in [0.29, 0.717) is 16.7 Å². The number of hydrogen-bond donors (Lipinski definition) is 2. The molecule has 0 unspecified atom stereocenters. The summed E-state index contributed by atoms with van der Waals surface area (Å²) in [5.41, 5.74) is 2.73. The minimum absolute atomic E-state index is 0.0286. The molecule has 2 aromatic carbocycles. The number of amides is 1. The molecule has 1 aliphatic rings. The van der Waals surface area contributed by atoms with E-state index in [4.69, 9.17) is 4.74 Å². The number of aryl methyl sites for hydroxylation is 2. The van der Waals surface area contributed by atoms with Crippen molar-refractivity contribution in [2.45, 2.75) is 38.1 Å². The summed E-state index contributed by atoms with van der Waals surface area (Å²) >= 11 is 0. The van der Waals surface area contributed by atoms with Gasteiger partial charge in [-0.15, -0.1) is 0 Å². The summed E-state index contributed by atoms with van der Waals surface area (Å²) in [4.78, 5) is 43.4. The second-order valence-electron chi connectivity index (χ2n) is 7.40. The molecule has 0 saturated heterocycles. The summed E-state index contributed by atoms with van der Waals surface area (Å²) in [7, 11) is 0. The van der Waals surface area contributed by atoms with E-state index in [0.717, 1.165) is 24.8 Å². The molecule has 0 saturated carbocycles. The fourth-order valence-electron chi connectivity index (χ4n) is 3.83. The van der Waals surface area contributed by atoms with E-state index in [1.54, 1.807) is 24.3 Å². The number of ether oxygens (including phenoxy) is 1. The zero-order valence-electron chi connectivity index (χ0n) is 16.5. The van der Waals surface area contributed by atoms with Gasteiger partial charge in [-0.3, -0.25) is 14.4 Å².